The summed E-state index contributed by atoms with van der Waals surface area (Å²) in [6.07, 6.45) is 11.1. The van der Waals surface area contributed by atoms with Crippen molar-refractivity contribution in [3.63, 3.8) is 0 Å². The number of carboxylic acid groups (broad SMARTS) is 1. The van der Waals surface area contributed by atoms with E-state index < -0.39 is 53.6 Å². The van der Waals surface area contributed by atoms with Crippen molar-refractivity contribution in [1.82, 2.24) is 10.3 Å². The number of aliphatic hydroxyl groups is 5. The van der Waals surface area contributed by atoms with Crippen LogP contribution in [0.5, 0.6) is 0 Å². The van der Waals surface area contributed by atoms with Crippen LogP contribution in [0.4, 0.5) is 5.82 Å². The van der Waals surface area contributed by atoms with Gasteiger partial charge in [0.15, 0.2) is 12.2 Å². The number of aliphatic imine (C=N–C) groups is 1. The lowest BCUT2D eigenvalue weighted by Gasteiger charge is -2.54. The van der Waals surface area contributed by atoms with Crippen LogP contribution in [-0.2, 0) is 27.2 Å². The number of carbonyl (C=O) groups excluding carboxylic acids is 2. The Morgan fingerprint density at radius 2 is 1.77 bits per heavy atom. The van der Waals surface area contributed by atoms with Gasteiger partial charge in [-0.2, -0.15) is 0 Å². The monoisotopic (exact) mass is 885 g/mol. The van der Waals surface area contributed by atoms with Crippen LogP contribution in [-0.4, -0.2) is 108 Å². The smallest absolute Gasteiger partial charge is 0.328 e. The fraction of sp³-hybridized carbons (Fsp3) is 0.592. The van der Waals surface area contributed by atoms with Crippen LogP contribution >= 0.6 is 0 Å². The Kier molecular flexibility index (Phi) is 15.3. The van der Waals surface area contributed by atoms with Crippen molar-refractivity contribution in [3.05, 3.63) is 77.0 Å². The van der Waals surface area contributed by atoms with Gasteiger partial charge in [0.2, 0.25) is 0 Å². The number of aromatic nitrogens is 1. The van der Waals surface area contributed by atoms with Crippen molar-refractivity contribution in [3.8, 4) is 0 Å². The molecule has 4 aliphatic rings. The summed E-state index contributed by atoms with van der Waals surface area (Å²) in [4.78, 5) is 44.2. The summed E-state index contributed by atoms with van der Waals surface area (Å²) in [5.74, 6) is -1.06. The molecular formula is C49H68N6O9. The third-order valence-corrected chi connectivity index (χ3v) is 15.1. The number of carboxylic acids is 1. The average molecular weight is 885 g/mol. The number of H-pyrrole nitrogens is 1. The molecule has 7 rings (SSSR count). The molecule has 2 saturated carbocycles. The first-order valence-corrected chi connectivity index (χ1v) is 23.3. The molecule has 0 spiro atoms. The zero-order chi connectivity index (χ0) is 45.6. The molecule has 0 amide bonds. The van der Waals surface area contributed by atoms with Gasteiger partial charge in [0.1, 0.15) is 30.1 Å². The Labute approximate surface area is 374 Å². The number of aromatic amines is 1. The van der Waals surface area contributed by atoms with Gasteiger partial charge >= 0.3 is 5.97 Å². The van der Waals surface area contributed by atoms with Gasteiger partial charge in [-0.15, -0.1) is 0 Å². The van der Waals surface area contributed by atoms with Crippen molar-refractivity contribution >= 4 is 41.1 Å². The van der Waals surface area contributed by atoms with E-state index in [1.807, 2.05) is 18.2 Å². The SMILES string of the molecule is NC1=N[C@@H](/C(=C\C(=O)O)[C@@H](C[C@H]2CCc3cc4ccc(CC=O)cc4cc3[C@@H]2CCC[C@@H](N)CC[C@H](C=O)CCC(O)O)Nc2ccc[nH]2)[C@H]2CC[C@@](O)(C3(O)CCCC3)[C@@H](O)[C@H]2N1. The predicted molar refractivity (Wildman–Crippen MR) is 244 cm³/mol. The molecule has 1 aliphatic heterocycles. The maximum absolute atomic E-state index is 12.9. The number of nitrogens with one attached hydrogen (secondary N) is 3. The number of aliphatic hydroxyl groups excluding tert-OH is 2. The minimum Gasteiger partial charge on any atom is -0.478 e. The van der Waals surface area contributed by atoms with Gasteiger partial charge in [0.25, 0.3) is 0 Å². The van der Waals surface area contributed by atoms with E-state index in [2.05, 4.69) is 39.9 Å². The number of aryl methyl sites for hydroxylation is 1. The standard InChI is InChI=1S/C49H68N6O9/c50-35(14-9-30(28-57)10-15-42(58)59)5-3-6-36-33(13-12-32-24-31-11-8-29(17-22-56)23-34(31)25-38(32)36)26-40(53-41-7-4-21-52-41)39(27-43(60)61)44-37-16-20-49(64,48(63)18-1-2-19-48)46(62)45(37)55-47(51)54-44/h4,7-8,11,21-25,27-28,30,33,35-37,40,42,44-46,52-53,58-59,62-64H,1-3,5-6,9-10,12-20,26,50H2,(H,60,61)(H3,51,54,55)/b39-27-/t30-,33+,35+,36+,37+,40+,44+,45-,46-,49-/m0/s1. The minimum absolute atomic E-state index is 0.0231. The lowest BCUT2D eigenvalue weighted by molar-refractivity contribution is -0.227. The summed E-state index contributed by atoms with van der Waals surface area (Å²) in [5, 5.41) is 73.6. The Hall–Kier alpha value is -4.64. The van der Waals surface area contributed by atoms with Crippen molar-refractivity contribution in [2.24, 2.45) is 34.2 Å². The number of aldehydes is 2. The third-order valence-electron chi connectivity index (χ3n) is 15.1. The summed E-state index contributed by atoms with van der Waals surface area (Å²) in [7, 11) is 0. The van der Waals surface area contributed by atoms with E-state index in [0.717, 1.165) is 67.4 Å². The Bertz CT molecular complexity index is 2140. The summed E-state index contributed by atoms with van der Waals surface area (Å²) in [6, 6.07) is 12.1. The molecule has 3 aliphatic carbocycles. The summed E-state index contributed by atoms with van der Waals surface area (Å²) in [6.45, 7) is 0. The van der Waals surface area contributed by atoms with Crippen molar-refractivity contribution in [2.75, 3.05) is 5.32 Å². The van der Waals surface area contributed by atoms with E-state index in [-0.39, 0.29) is 42.6 Å². The van der Waals surface area contributed by atoms with Gasteiger partial charge in [-0.3, -0.25) is 0 Å². The number of hydrogen-bond donors (Lipinski definition) is 11. The Balaban J connectivity index is 1.20. The molecule has 13 N–H and O–H groups in total. The second-order valence-electron chi connectivity index (χ2n) is 19.2. The van der Waals surface area contributed by atoms with Gasteiger partial charge in [0.05, 0.1) is 23.7 Å². The second-order valence-corrected chi connectivity index (χ2v) is 19.2. The molecule has 15 nitrogen and oxygen atoms in total. The molecule has 15 heteroatoms. The molecule has 2 heterocycles. The number of carbonyl (C=O) groups is 3. The van der Waals surface area contributed by atoms with Crippen LogP contribution in [0.2, 0.25) is 0 Å². The van der Waals surface area contributed by atoms with Crippen LogP contribution in [0.15, 0.2) is 65.3 Å². The van der Waals surface area contributed by atoms with Crippen LogP contribution in [0.25, 0.3) is 10.8 Å². The molecule has 2 aromatic carbocycles. The molecule has 3 aromatic rings. The van der Waals surface area contributed by atoms with Crippen molar-refractivity contribution < 1.29 is 45.0 Å². The van der Waals surface area contributed by atoms with Gasteiger partial charge in [-0.05, 0) is 140 Å². The van der Waals surface area contributed by atoms with E-state index in [0.29, 0.717) is 69.2 Å². The van der Waals surface area contributed by atoms with E-state index in [1.54, 1.807) is 6.20 Å². The average Bonchev–Trinajstić information content (AvgIpc) is 3.96. The Morgan fingerprint density at radius 3 is 2.47 bits per heavy atom. The van der Waals surface area contributed by atoms with E-state index in [9.17, 15) is 45.0 Å². The van der Waals surface area contributed by atoms with Crippen LogP contribution in [0.3, 0.4) is 0 Å². The first kappa shape index (κ1) is 47.3. The number of guanidine groups is 1. The van der Waals surface area contributed by atoms with E-state index in [1.165, 1.54) is 17.2 Å². The fourth-order valence-corrected chi connectivity index (χ4v) is 11.7. The zero-order valence-electron chi connectivity index (χ0n) is 36.7. The highest BCUT2D eigenvalue weighted by molar-refractivity contribution is 5.86. The number of aliphatic carboxylic acids is 1. The summed E-state index contributed by atoms with van der Waals surface area (Å²) < 4.78 is 0. The molecular weight excluding hydrogens is 817 g/mol. The summed E-state index contributed by atoms with van der Waals surface area (Å²) in [5.41, 5.74) is 13.8. The van der Waals surface area contributed by atoms with E-state index >= 15 is 0 Å². The largest absolute Gasteiger partial charge is 0.478 e. The number of nitrogens with two attached hydrogens (primary N) is 2. The van der Waals surface area contributed by atoms with E-state index in [4.69, 9.17) is 16.5 Å². The van der Waals surface area contributed by atoms with Crippen LogP contribution in [0, 0.1) is 17.8 Å². The fourth-order valence-electron chi connectivity index (χ4n) is 11.7. The first-order valence-electron chi connectivity index (χ1n) is 23.3. The molecule has 64 heavy (non-hydrogen) atoms. The number of anilines is 1. The first-order chi connectivity index (χ1) is 30.7. The molecule has 0 unspecified atom stereocenters. The van der Waals surface area contributed by atoms with Crippen molar-refractivity contribution in [2.45, 2.75) is 163 Å². The highest BCUT2D eigenvalue weighted by Crippen LogP contribution is 2.50. The van der Waals surface area contributed by atoms with Crippen LogP contribution < -0.4 is 22.1 Å². The number of benzene rings is 2. The predicted octanol–water partition coefficient (Wildman–Crippen LogP) is 4.08. The van der Waals surface area contributed by atoms with Crippen LogP contribution in [0.1, 0.15) is 119 Å². The lowest BCUT2D eigenvalue weighted by atomic mass is 9.62. The molecule has 0 radical (unpaired) electrons. The Morgan fingerprint density at radius 1 is 0.984 bits per heavy atom. The van der Waals surface area contributed by atoms with Gasteiger partial charge in [-0.25, -0.2) is 9.79 Å². The lowest BCUT2D eigenvalue weighted by Crippen LogP contribution is -2.72. The molecule has 1 aromatic heterocycles. The van der Waals surface area contributed by atoms with Crippen molar-refractivity contribution in [1.29, 1.82) is 0 Å². The minimum atomic E-state index is -1.78. The molecule has 0 bridgehead atoms. The normalized spacial score (nSPS) is 28.0. The third kappa shape index (κ3) is 10.6. The van der Waals surface area contributed by atoms with Gasteiger partial charge in [0, 0.05) is 36.6 Å². The van der Waals surface area contributed by atoms with Gasteiger partial charge in [-0.1, -0.05) is 49.6 Å². The molecule has 348 valence electrons. The number of nitrogens with zero attached hydrogens (tertiary/aromatic N) is 1. The van der Waals surface area contributed by atoms with Gasteiger partial charge < -0.3 is 67.3 Å². The number of fused-ring (bicyclic) bond motifs is 3. The maximum atomic E-state index is 12.9. The highest BCUT2D eigenvalue weighted by atomic mass is 16.5. The number of hydrogen-bond acceptors (Lipinski definition) is 13. The molecule has 0 saturated heterocycles. The quantitative estimate of drug-likeness (QED) is 0.0409. The second kappa shape index (κ2) is 20.7. The zero-order valence-corrected chi connectivity index (χ0v) is 36.7. The highest BCUT2D eigenvalue weighted by Gasteiger charge is 2.61. The topological polar surface area (TPSA) is 277 Å². The summed E-state index contributed by atoms with van der Waals surface area (Å²) >= 11 is 0. The molecule has 10 atom stereocenters. The maximum Gasteiger partial charge on any atom is 0.328 e. The number of rotatable bonds is 21. The molecule has 2 fully saturated rings.